The van der Waals surface area contributed by atoms with E-state index in [1.165, 1.54) is 12.0 Å². The SMILES string of the molecule is COc1ccc(CCNC(=O)c2nc(-c3ccc(C)cc3)n3c2CCCCC3)c(OC)c1. The molecule has 0 bridgehead atoms. The number of methoxy groups -OCH3 is 2. The summed E-state index contributed by atoms with van der Waals surface area (Å²) < 4.78 is 13.0. The molecule has 0 atom stereocenters. The van der Waals surface area contributed by atoms with Crippen LogP contribution in [0.4, 0.5) is 0 Å². The molecule has 168 valence electrons. The molecule has 0 unspecified atom stereocenters. The van der Waals surface area contributed by atoms with Crippen molar-refractivity contribution in [1.82, 2.24) is 14.9 Å². The Morgan fingerprint density at radius 2 is 1.88 bits per heavy atom. The van der Waals surface area contributed by atoms with Gasteiger partial charge in [0.25, 0.3) is 5.91 Å². The lowest BCUT2D eigenvalue weighted by Crippen LogP contribution is -2.27. The lowest BCUT2D eigenvalue weighted by Gasteiger charge is -2.11. The molecular weight excluding hydrogens is 402 g/mol. The van der Waals surface area contributed by atoms with Gasteiger partial charge in [-0.05, 0) is 44.2 Å². The number of aromatic nitrogens is 2. The van der Waals surface area contributed by atoms with Crippen LogP contribution in [0.3, 0.4) is 0 Å². The maximum absolute atomic E-state index is 13.1. The molecule has 0 fully saturated rings. The van der Waals surface area contributed by atoms with E-state index in [1.54, 1.807) is 14.2 Å². The average Bonchev–Trinajstić information content (AvgIpc) is 3.00. The second-order valence-corrected chi connectivity index (χ2v) is 8.24. The number of hydrogen-bond acceptors (Lipinski definition) is 4. The number of benzene rings is 2. The van der Waals surface area contributed by atoms with Gasteiger partial charge in [-0.25, -0.2) is 4.98 Å². The zero-order valence-electron chi connectivity index (χ0n) is 19.1. The number of imidazole rings is 1. The van der Waals surface area contributed by atoms with Gasteiger partial charge in [0.2, 0.25) is 0 Å². The van der Waals surface area contributed by atoms with Gasteiger partial charge in [-0.15, -0.1) is 0 Å². The largest absolute Gasteiger partial charge is 0.497 e. The fraction of sp³-hybridized carbons (Fsp3) is 0.385. The zero-order chi connectivity index (χ0) is 22.5. The van der Waals surface area contributed by atoms with Crippen molar-refractivity contribution in [2.45, 2.75) is 45.6 Å². The molecular formula is C26H31N3O3. The van der Waals surface area contributed by atoms with Gasteiger partial charge in [-0.3, -0.25) is 4.79 Å². The fourth-order valence-corrected chi connectivity index (χ4v) is 4.28. The molecule has 1 aliphatic heterocycles. The predicted molar refractivity (Wildman–Crippen MR) is 126 cm³/mol. The first-order chi connectivity index (χ1) is 15.6. The first-order valence-corrected chi connectivity index (χ1v) is 11.3. The summed E-state index contributed by atoms with van der Waals surface area (Å²) in [5.74, 6) is 2.29. The van der Waals surface area contributed by atoms with E-state index in [4.69, 9.17) is 14.5 Å². The van der Waals surface area contributed by atoms with Crippen molar-refractivity contribution in [3.63, 3.8) is 0 Å². The number of carbonyl (C=O) groups excluding carboxylic acids is 1. The maximum atomic E-state index is 13.1. The lowest BCUT2D eigenvalue weighted by atomic mass is 10.1. The quantitative estimate of drug-likeness (QED) is 0.593. The standard InChI is InChI=1S/C26H31N3O3/c1-18-8-10-20(11-9-18)25-28-24(22-7-5-4-6-16-29(22)25)26(30)27-15-14-19-12-13-21(31-2)17-23(19)32-3/h8-13,17H,4-7,14-16H2,1-3H3,(H,27,30). The Kier molecular flexibility index (Phi) is 6.78. The molecule has 0 saturated heterocycles. The molecule has 6 nitrogen and oxygen atoms in total. The van der Waals surface area contributed by atoms with E-state index >= 15 is 0 Å². The monoisotopic (exact) mass is 433 g/mol. The van der Waals surface area contributed by atoms with Gasteiger partial charge in [0, 0.05) is 24.7 Å². The number of hydrogen-bond donors (Lipinski definition) is 1. The van der Waals surface area contributed by atoms with Gasteiger partial charge in [-0.2, -0.15) is 0 Å². The van der Waals surface area contributed by atoms with Crippen molar-refractivity contribution >= 4 is 5.91 Å². The highest BCUT2D eigenvalue weighted by molar-refractivity contribution is 5.94. The normalized spacial score (nSPS) is 13.2. The molecule has 6 heteroatoms. The molecule has 1 amide bonds. The van der Waals surface area contributed by atoms with Gasteiger partial charge < -0.3 is 19.4 Å². The molecule has 1 N–H and O–H groups in total. The van der Waals surface area contributed by atoms with E-state index in [2.05, 4.69) is 41.1 Å². The predicted octanol–water partition coefficient (Wildman–Crippen LogP) is 4.57. The molecule has 2 aromatic carbocycles. The second-order valence-electron chi connectivity index (χ2n) is 8.24. The molecule has 32 heavy (non-hydrogen) atoms. The molecule has 1 aromatic heterocycles. The second kappa shape index (κ2) is 9.90. The highest BCUT2D eigenvalue weighted by Crippen LogP contribution is 2.28. The highest BCUT2D eigenvalue weighted by Gasteiger charge is 2.24. The molecule has 2 heterocycles. The molecule has 0 radical (unpaired) electrons. The fourth-order valence-electron chi connectivity index (χ4n) is 4.28. The number of rotatable bonds is 7. The van der Waals surface area contributed by atoms with E-state index in [0.29, 0.717) is 18.7 Å². The van der Waals surface area contributed by atoms with Crippen LogP contribution in [0.2, 0.25) is 0 Å². The molecule has 0 spiro atoms. The number of carbonyl (C=O) groups is 1. The topological polar surface area (TPSA) is 65.4 Å². The van der Waals surface area contributed by atoms with Gasteiger partial charge in [0.05, 0.1) is 19.9 Å². The average molecular weight is 434 g/mol. The Balaban J connectivity index is 1.53. The van der Waals surface area contributed by atoms with Crippen LogP contribution in [0.1, 0.15) is 46.6 Å². The van der Waals surface area contributed by atoms with Crippen molar-refractivity contribution in [3.8, 4) is 22.9 Å². The first kappa shape index (κ1) is 21.9. The minimum absolute atomic E-state index is 0.110. The summed E-state index contributed by atoms with van der Waals surface area (Å²) in [6.07, 6.45) is 4.92. The molecule has 0 aliphatic carbocycles. The minimum Gasteiger partial charge on any atom is -0.497 e. The maximum Gasteiger partial charge on any atom is 0.271 e. The summed E-state index contributed by atoms with van der Waals surface area (Å²) in [7, 11) is 3.27. The third-order valence-corrected chi connectivity index (χ3v) is 6.07. The Morgan fingerprint density at radius 1 is 1.06 bits per heavy atom. The summed E-state index contributed by atoms with van der Waals surface area (Å²) >= 11 is 0. The van der Waals surface area contributed by atoms with Crippen LogP contribution in [0.15, 0.2) is 42.5 Å². The Labute approximate surface area is 189 Å². The lowest BCUT2D eigenvalue weighted by molar-refractivity contribution is 0.0948. The molecule has 3 aromatic rings. The van der Waals surface area contributed by atoms with Crippen LogP contribution < -0.4 is 14.8 Å². The van der Waals surface area contributed by atoms with Crippen molar-refractivity contribution in [3.05, 3.63) is 65.0 Å². The Morgan fingerprint density at radius 3 is 2.62 bits per heavy atom. The third kappa shape index (κ3) is 4.64. The van der Waals surface area contributed by atoms with Crippen LogP contribution in [0.25, 0.3) is 11.4 Å². The zero-order valence-corrected chi connectivity index (χ0v) is 19.1. The van der Waals surface area contributed by atoms with Crippen LogP contribution in [-0.4, -0.2) is 36.2 Å². The minimum atomic E-state index is -0.110. The van der Waals surface area contributed by atoms with E-state index in [-0.39, 0.29) is 5.91 Å². The summed E-state index contributed by atoms with van der Waals surface area (Å²) in [6, 6.07) is 14.1. The van der Waals surface area contributed by atoms with Crippen LogP contribution in [0.5, 0.6) is 11.5 Å². The molecule has 1 aliphatic rings. The smallest absolute Gasteiger partial charge is 0.271 e. The van der Waals surface area contributed by atoms with Gasteiger partial charge in [-0.1, -0.05) is 42.3 Å². The highest BCUT2D eigenvalue weighted by atomic mass is 16.5. The van der Waals surface area contributed by atoms with Crippen molar-refractivity contribution < 1.29 is 14.3 Å². The first-order valence-electron chi connectivity index (χ1n) is 11.3. The van der Waals surface area contributed by atoms with E-state index in [9.17, 15) is 4.79 Å². The van der Waals surface area contributed by atoms with Crippen molar-refractivity contribution in [2.75, 3.05) is 20.8 Å². The number of aryl methyl sites for hydroxylation is 1. The molecule has 0 saturated carbocycles. The summed E-state index contributed by atoms with van der Waals surface area (Å²) in [5.41, 5.74) is 4.91. The number of fused-ring (bicyclic) bond motifs is 1. The number of amides is 1. The van der Waals surface area contributed by atoms with Crippen LogP contribution in [-0.2, 0) is 19.4 Å². The Bertz CT molecular complexity index is 1090. The van der Waals surface area contributed by atoms with Gasteiger partial charge in [0.15, 0.2) is 0 Å². The van der Waals surface area contributed by atoms with Crippen LogP contribution in [0, 0.1) is 6.92 Å². The third-order valence-electron chi connectivity index (χ3n) is 6.07. The summed E-state index contributed by atoms with van der Waals surface area (Å²) in [4.78, 5) is 18.0. The summed E-state index contributed by atoms with van der Waals surface area (Å²) in [6.45, 7) is 3.49. The Hall–Kier alpha value is -3.28. The summed E-state index contributed by atoms with van der Waals surface area (Å²) in [5, 5.41) is 3.07. The number of ether oxygens (including phenoxy) is 2. The van der Waals surface area contributed by atoms with E-state index in [1.807, 2.05) is 18.2 Å². The van der Waals surface area contributed by atoms with Gasteiger partial charge >= 0.3 is 0 Å². The van der Waals surface area contributed by atoms with E-state index < -0.39 is 0 Å². The number of nitrogens with one attached hydrogen (secondary N) is 1. The molecule has 4 rings (SSSR count). The number of nitrogens with zero attached hydrogens (tertiary/aromatic N) is 2. The van der Waals surface area contributed by atoms with E-state index in [0.717, 1.165) is 60.0 Å². The van der Waals surface area contributed by atoms with Crippen molar-refractivity contribution in [1.29, 1.82) is 0 Å². The van der Waals surface area contributed by atoms with Gasteiger partial charge in [0.1, 0.15) is 23.0 Å². The van der Waals surface area contributed by atoms with Crippen molar-refractivity contribution in [2.24, 2.45) is 0 Å². The van der Waals surface area contributed by atoms with Crippen LogP contribution >= 0.6 is 0 Å².